The second-order valence-corrected chi connectivity index (χ2v) is 3.87. The molecule has 2 aromatic rings. The molecule has 1 aromatic carbocycles. The van der Waals surface area contributed by atoms with Crippen LogP contribution in [0, 0.1) is 0 Å². The van der Waals surface area contributed by atoms with Gasteiger partial charge >= 0.3 is 0 Å². The van der Waals surface area contributed by atoms with Crippen LogP contribution >= 0.6 is 0 Å². The van der Waals surface area contributed by atoms with Gasteiger partial charge in [0.05, 0.1) is 6.33 Å². The molecule has 0 aliphatic heterocycles. The van der Waals surface area contributed by atoms with Gasteiger partial charge < -0.3 is 4.57 Å². The minimum Gasteiger partial charge on any atom is -0.306 e. The Bertz CT molecular complexity index is 401. The van der Waals surface area contributed by atoms with Crippen molar-refractivity contribution in [3.05, 3.63) is 48.5 Å². The highest BCUT2D eigenvalue weighted by atomic mass is 15.0. The van der Waals surface area contributed by atoms with Crippen LogP contribution in [-0.4, -0.2) is 9.55 Å². The van der Waals surface area contributed by atoms with Gasteiger partial charge in [0.2, 0.25) is 0 Å². The number of rotatable bonds is 3. The molecule has 0 spiro atoms. The van der Waals surface area contributed by atoms with Crippen LogP contribution in [0.5, 0.6) is 0 Å². The Kier molecular flexibility index (Phi) is 2.86. The van der Waals surface area contributed by atoms with Gasteiger partial charge in [-0.1, -0.05) is 26.0 Å². The zero-order valence-corrected chi connectivity index (χ0v) is 9.22. The van der Waals surface area contributed by atoms with Crippen molar-refractivity contribution >= 4 is 0 Å². The van der Waals surface area contributed by atoms with E-state index in [1.54, 1.807) is 6.20 Å². The van der Waals surface area contributed by atoms with Crippen LogP contribution < -0.4 is 0 Å². The van der Waals surface area contributed by atoms with E-state index in [9.17, 15) is 0 Å². The minimum atomic E-state index is 0.641. The molecule has 0 N–H and O–H groups in total. The van der Waals surface area contributed by atoms with Gasteiger partial charge in [-0.3, -0.25) is 0 Å². The predicted molar refractivity (Wildman–Crippen MR) is 62.3 cm³/mol. The Morgan fingerprint density at radius 1 is 1.27 bits per heavy atom. The first-order valence-electron chi connectivity index (χ1n) is 5.39. The summed E-state index contributed by atoms with van der Waals surface area (Å²) in [5.74, 6) is 0.641. The quantitative estimate of drug-likeness (QED) is 0.742. The van der Waals surface area contributed by atoms with Gasteiger partial charge in [0.25, 0.3) is 0 Å². The lowest BCUT2D eigenvalue weighted by molar-refractivity contribution is 0.733. The predicted octanol–water partition coefficient (Wildman–Crippen LogP) is 3.39. The molecule has 2 nitrogen and oxygen atoms in total. The van der Waals surface area contributed by atoms with Crippen molar-refractivity contribution in [2.45, 2.75) is 26.2 Å². The molecular weight excluding hydrogens is 184 g/mol. The average molecular weight is 200 g/mol. The van der Waals surface area contributed by atoms with Crippen molar-refractivity contribution < 1.29 is 0 Å². The first-order valence-corrected chi connectivity index (χ1v) is 5.39. The van der Waals surface area contributed by atoms with E-state index in [2.05, 4.69) is 43.1 Å². The first kappa shape index (κ1) is 9.97. The molecule has 0 fully saturated rings. The Hall–Kier alpha value is -1.57. The van der Waals surface area contributed by atoms with E-state index in [4.69, 9.17) is 0 Å². The van der Waals surface area contributed by atoms with Crippen LogP contribution in [0.4, 0.5) is 0 Å². The van der Waals surface area contributed by atoms with Gasteiger partial charge in [-0.15, -0.1) is 0 Å². The molecule has 78 valence electrons. The largest absolute Gasteiger partial charge is 0.306 e. The minimum absolute atomic E-state index is 0.641. The third-order valence-corrected chi connectivity index (χ3v) is 2.88. The molecule has 15 heavy (non-hydrogen) atoms. The van der Waals surface area contributed by atoms with E-state index in [1.807, 2.05) is 17.1 Å². The molecule has 0 amide bonds. The van der Waals surface area contributed by atoms with Gasteiger partial charge in [-0.2, -0.15) is 0 Å². The van der Waals surface area contributed by atoms with Crippen LogP contribution in [0.1, 0.15) is 31.7 Å². The lowest BCUT2D eigenvalue weighted by Gasteiger charge is -2.09. The summed E-state index contributed by atoms with van der Waals surface area (Å²) in [6.07, 6.45) is 6.75. The van der Waals surface area contributed by atoms with E-state index in [0.29, 0.717) is 5.92 Å². The average Bonchev–Trinajstić information content (AvgIpc) is 2.82. The number of aromatic nitrogens is 2. The molecule has 1 unspecified atom stereocenters. The van der Waals surface area contributed by atoms with Gasteiger partial charge in [0, 0.05) is 18.1 Å². The number of benzene rings is 1. The highest BCUT2D eigenvalue weighted by molar-refractivity contribution is 5.35. The van der Waals surface area contributed by atoms with Gasteiger partial charge in [0.15, 0.2) is 0 Å². The normalized spacial score (nSPS) is 12.7. The Morgan fingerprint density at radius 2 is 2.00 bits per heavy atom. The zero-order chi connectivity index (χ0) is 10.7. The smallest absolute Gasteiger partial charge is 0.0991 e. The van der Waals surface area contributed by atoms with E-state index >= 15 is 0 Å². The molecule has 0 radical (unpaired) electrons. The second-order valence-electron chi connectivity index (χ2n) is 3.87. The lowest BCUT2D eigenvalue weighted by atomic mass is 9.99. The summed E-state index contributed by atoms with van der Waals surface area (Å²) in [5.41, 5.74) is 2.57. The van der Waals surface area contributed by atoms with Crippen molar-refractivity contribution in [2.75, 3.05) is 0 Å². The van der Waals surface area contributed by atoms with Gasteiger partial charge in [0.1, 0.15) is 0 Å². The van der Waals surface area contributed by atoms with Crippen LogP contribution in [0.25, 0.3) is 5.69 Å². The molecule has 1 aromatic heterocycles. The van der Waals surface area contributed by atoms with Crippen molar-refractivity contribution in [3.63, 3.8) is 0 Å². The third-order valence-electron chi connectivity index (χ3n) is 2.88. The molecule has 0 bridgehead atoms. The van der Waals surface area contributed by atoms with Crippen LogP contribution in [-0.2, 0) is 0 Å². The lowest BCUT2D eigenvalue weighted by Crippen LogP contribution is -1.93. The molecule has 1 heterocycles. The Balaban J connectivity index is 2.25. The van der Waals surface area contributed by atoms with Crippen LogP contribution in [0.2, 0.25) is 0 Å². The van der Waals surface area contributed by atoms with E-state index in [1.165, 1.54) is 17.7 Å². The zero-order valence-electron chi connectivity index (χ0n) is 9.22. The topological polar surface area (TPSA) is 17.8 Å². The fourth-order valence-corrected chi connectivity index (χ4v) is 1.62. The highest BCUT2D eigenvalue weighted by Gasteiger charge is 2.02. The van der Waals surface area contributed by atoms with E-state index in [-0.39, 0.29) is 0 Å². The van der Waals surface area contributed by atoms with Crippen molar-refractivity contribution in [3.8, 4) is 5.69 Å². The summed E-state index contributed by atoms with van der Waals surface area (Å²) in [6.45, 7) is 4.47. The maximum absolute atomic E-state index is 4.04. The first-order chi connectivity index (χ1) is 7.31. The number of imidazole rings is 1. The van der Waals surface area contributed by atoms with E-state index in [0.717, 1.165) is 0 Å². The summed E-state index contributed by atoms with van der Waals surface area (Å²) in [4.78, 5) is 4.04. The number of hydrogen-bond acceptors (Lipinski definition) is 1. The molecule has 0 saturated heterocycles. The van der Waals surface area contributed by atoms with E-state index < -0.39 is 0 Å². The Labute approximate surface area is 90.6 Å². The van der Waals surface area contributed by atoms with Gasteiger partial charge in [-0.25, -0.2) is 4.98 Å². The van der Waals surface area contributed by atoms with Crippen molar-refractivity contribution in [1.82, 2.24) is 9.55 Å². The van der Waals surface area contributed by atoms with Crippen LogP contribution in [0.3, 0.4) is 0 Å². The molecule has 0 aliphatic rings. The summed E-state index contributed by atoms with van der Waals surface area (Å²) < 4.78 is 2.01. The maximum atomic E-state index is 4.04. The monoisotopic (exact) mass is 200 g/mol. The molecule has 0 aliphatic carbocycles. The van der Waals surface area contributed by atoms with Crippen molar-refractivity contribution in [2.24, 2.45) is 0 Å². The third kappa shape index (κ3) is 2.09. The SMILES string of the molecule is CCC(C)c1ccc(-n2ccnc2)cc1. The highest BCUT2D eigenvalue weighted by Crippen LogP contribution is 2.19. The number of nitrogens with zero attached hydrogens (tertiary/aromatic N) is 2. The standard InChI is InChI=1S/C13H16N2/c1-3-11(2)12-4-6-13(7-5-12)15-9-8-14-10-15/h4-11H,3H2,1-2H3. The molecular formula is C13H16N2. The molecule has 2 heteroatoms. The Morgan fingerprint density at radius 3 is 2.53 bits per heavy atom. The van der Waals surface area contributed by atoms with Gasteiger partial charge in [-0.05, 0) is 30.0 Å². The fraction of sp³-hybridized carbons (Fsp3) is 0.308. The molecule has 1 atom stereocenters. The van der Waals surface area contributed by atoms with Crippen LogP contribution in [0.15, 0.2) is 43.0 Å². The summed E-state index contributed by atoms with van der Waals surface area (Å²) in [6, 6.07) is 8.68. The summed E-state index contributed by atoms with van der Waals surface area (Å²) >= 11 is 0. The maximum Gasteiger partial charge on any atom is 0.0991 e. The summed E-state index contributed by atoms with van der Waals surface area (Å²) in [5, 5.41) is 0. The summed E-state index contributed by atoms with van der Waals surface area (Å²) in [7, 11) is 0. The number of hydrogen-bond donors (Lipinski definition) is 0. The van der Waals surface area contributed by atoms with Crippen molar-refractivity contribution in [1.29, 1.82) is 0 Å². The molecule has 0 saturated carbocycles. The molecule has 2 rings (SSSR count). The second kappa shape index (κ2) is 4.30. The fourth-order valence-electron chi connectivity index (χ4n) is 1.62.